The van der Waals surface area contributed by atoms with Crippen LogP contribution in [-0.2, 0) is 6.54 Å². The second-order valence-corrected chi connectivity index (χ2v) is 3.34. The van der Waals surface area contributed by atoms with Crippen molar-refractivity contribution in [3.05, 3.63) is 41.7 Å². The van der Waals surface area contributed by atoms with Gasteiger partial charge in [0.15, 0.2) is 0 Å². The molecule has 2 heterocycles. The number of nitrogens with zero attached hydrogens (tertiary/aromatic N) is 3. The van der Waals surface area contributed by atoms with Gasteiger partial charge in [0.05, 0.1) is 29.7 Å². The monoisotopic (exact) mass is 200 g/mol. The second-order valence-electron chi connectivity index (χ2n) is 3.34. The van der Waals surface area contributed by atoms with Crippen LogP contribution in [-0.4, -0.2) is 20.9 Å². The topological polar surface area (TPSA) is 59.8 Å². The molecule has 0 unspecified atom stereocenters. The van der Waals surface area contributed by atoms with Gasteiger partial charge < -0.3 is 5.32 Å². The van der Waals surface area contributed by atoms with E-state index in [0.717, 1.165) is 11.4 Å². The molecule has 1 aliphatic heterocycles. The summed E-state index contributed by atoms with van der Waals surface area (Å²) < 4.78 is 1.69. The van der Waals surface area contributed by atoms with Crippen molar-refractivity contribution in [1.29, 1.82) is 0 Å². The van der Waals surface area contributed by atoms with E-state index >= 15 is 0 Å². The van der Waals surface area contributed by atoms with Crippen LogP contribution >= 0.6 is 0 Å². The number of amides is 1. The summed E-state index contributed by atoms with van der Waals surface area (Å²) in [5.74, 6) is -0.0731. The highest BCUT2D eigenvalue weighted by Crippen LogP contribution is 2.17. The van der Waals surface area contributed by atoms with Gasteiger partial charge in [-0.05, 0) is 12.1 Å². The Morgan fingerprint density at radius 2 is 2.20 bits per heavy atom. The Hall–Kier alpha value is -2.17. The minimum absolute atomic E-state index is 0.0731. The van der Waals surface area contributed by atoms with Gasteiger partial charge in [0.1, 0.15) is 0 Å². The van der Waals surface area contributed by atoms with Gasteiger partial charge in [0, 0.05) is 0 Å². The first-order chi connectivity index (χ1) is 7.36. The van der Waals surface area contributed by atoms with E-state index < -0.39 is 0 Å². The number of para-hydroxylation sites is 1. The Morgan fingerprint density at radius 3 is 3.13 bits per heavy atom. The highest BCUT2D eigenvalue weighted by Gasteiger charge is 2.19. The van der Waals surface area contributed by atoms with Crippen LogP contribution in [0, 0.1) is 0 Å². The van der Waals surface area contributed by atoms with Gasteiger partial charge in [-0.2, -0.15) is 0 Å². The highest BCUT2D eigenvalue weighted by atomic mass is 16.1. The molecule has 0 aliphatic carbocycles. The summed E-state index contributed by atoms with van der Waals surface area (Å²) in [5, 5.41) is 10.6. The molecule has 15 heavy (non-hydrogen) atoms. The number of carbonyl (C=O) groups is 1. The maximum absolute atomic E-state index is 11.7. The van der Waals surface area contributed by atoms with Crippen molar-refractivity contribution < 1.29 is 4.79 Å². The van der Waals surface area contributed by atoms with E-state index in [1.807, 2.05) is 18.2 Å². The number of fused-ring (bicyclic) bond motifs is 3. The van der Waals surface area contributed by atoms with Crippen molar-refractivity contribution in [2.75, 3.05) is 0 Å². The van der Waals surface area contributed by atoms with Crippen molar-refractivity contribution in [1.82, 2.24) is 20.3 Å². The molecule has 0 atom stereocenters. The zero-order valence-electron chi connectivity index (χ0n) is 7.84. The molecular weight excluding hydrogens is 192 g/mol. The molecule has 0 spiro atoms. The van der Waals surface area contributed by atoms with Gasteiger partial charge in [-0.25, -0.2) is 4.68 Å². The van der Waals surface area contributed by atoms with E-state index in [1.165, 1.54) is 0 Å². The van der Waals surface area contributed by atoms with E-state index in [-0.39, 0.29) is 5.91 Å². The number of hydrogen-bond donors (Lipinski definition) is 1. The number of aromatic nitrogens is 3. The minimum Gasteiger partial charge on any atom is -0.346 e. The lowest BCUT2D eigenvalue weighted by atomic mass is 10.1. The Kier molecular flexibility index (Phi) is 1.58. The summed E-state index contributed by atoms with van der Waals surface area (Å²) in [7, 11) is 0. The molecule has 0 bridgehead atoms. The van der Waals surface area contributed by atoms with Crippen LogP contribution in [0.25, 0.3) is 5.69 Å². The molecule has 74 valence electrons. The molecule has 2 aromatic rings. The lowest BCUT2D eigenvalue weighted by Gasteiger charge is -2.03. The molecule has 5 heteroatoms. The van der Waals surface area contributed by atoms with E-state index in [1.54, 1.807) is 16.9 Å². The van der Waals surface area contributed by atoms with Crippen molar-refractivity contribution in [2.45, 2.75) is 6.54 Å². The standard InChI is InChI=1S/C10H8N4O/c15-10-8-3-1-2-4-9(8)14-7(5-11-10)6-12-13-14/h1-4,6H,5H2,(H,11,15). The van der Waals surface area contributed by atoms with Crippen LogP contribution in [0.2, 0.25) is 0 Å². The van der Waals surface area contributed by atoms with E-state index in [2.05, 4.69) is 15.6 Å². The zero-order valence-corrected chi connectivity index (χ0v) is 7.84. The van der Waals surface area contributed by atoms with Crippen LogP contribution in [0.3, 0.4) is 0 Å². The number of hydrogen-bond acceptors (Lipinski definition) is 3. The number of carbonyl (C=O) groups excluding carboxylic acids is 1. The van der Waals surface area contributed by atoms with Crippen LogP contribution in [0.4, 0.5) is 0 Å². The first kappa shape index (κ1) is 8.16. The van der Waals surface area contributed by atoms with Crippen LogP contribution < -0.4 is 5.32 Å². The summed E-state index contributed by atoms with van der Waals surface area (Å²) in [4.78, 5) is 11.7. The Bertz CT molecular complexity index is 532. The fourth-order valence-electron chi connectivity index (χ4n) is 1.70. The van der Waals surface area contributed by atoms with Gasteiger partial charge in [-0.1, -0.05) is 17.3 Å². The van der Waals surface area contributed by atoms with Gasteiger partial charge in [-0.15, -0.1) is 5.10 Å². The molecular formula is C10H8N4O. The van der Waals surface area contributed by atoms with Gasteiger partial charge >= 0.3 is 0 Å². The molecule has 5 nitrogen and oxygen atoms in total. The van der Waals surface area contributed by atoms with Gasteiger partial charge in [0.25, 0.3) is 5.91 Å². The molecule has 0 fully saturated rings. The van der Waals surface area contributed by atoms with Crippen LogP contribution in [0.15, 0.2) is 30.5 Å². The Labute approximate surface area is 85.7 Å². The predicted molar refractivity (Wildman–Crippen MR) is 52.5 cm³/mol. The average Bonchev–Trinajstić information content (AvgIpc) is 2.69. The normalized spacial score (nSPS) is 13.7. The third-order valence-electron chi connectivity index (χ3n) is 2.43. The van der Waals surface area contributed by atoms with Crippen molar-refractivity contribution in [2.24, 2.45) is 0 Å². The van der Waals surface area contributed by atoms with E-state index in [4.69, 9.17) is 0 Å². The first-order valence-electron chi connectivity index (χ1n) is 4.63. The van der Waals surface area contributed by atoms with Crippen LogP contribution in [0.5, 0.6) is 0 Å². The second kappa shape index (κ2) is 2.91. The molecule has 0 radical (unpaired) electrons. The summed E-state index contributed by atoms with van der Waals surface area (Å²) in [5.41, 5.74) is 2.29. The molecule has 0 saturated heterocycles. The summed E-state index contributed by atoms with van der Waals surface area (Å²) in [6, 6.07) is 7.35. The zero-order chi connectivity index (χ0) is 10.3. The van der Waals surface area contributed by atoms with Crippen LogP contribution in [0.1, 0.15) is 16.1 Å². The Morgan fingerprint density at radius 1 is 1.33 bits per heavy atom. The average molecular weight is 200 g/mol. The summed E-state index contributed by atoms with van der Waals surface area (Å²) in [6.07, 6.45) is 1.66. The quantitative estimate of drug-likeness (QED) is 0.674. The maximum atomic E-state index is 11.7. The highest BCUT2D eigenvalue weighted by molar-refractivity contribution is 5.98. The number of nitrogens with one attached hydrogen (secondary N) is 1. The molecule has 1 aromatic carbocycles. The third-order valence-corrected chi connectivity index (χ3v) is 2.43. The number of benzene rings is 1. The third kappa shape index (κ3) is 1.13. The lowest BCUT2D eigenvalue weighted by Crippen LogP contribution is -2.21. The molecule has 1 aromatic heterocycles. The predicted octanol–water partition coefficient (Wildman–Crippen LogP) is 0.511. The first-order valence-corrected chi connectivity index (χ1v) is 4.63. The molecule has 1 aliphatic rings. The smallest absolute Gasteiger partial charge is 0.253 e. The van der Waals surface area contributed by atoms with E-state index in [0.29, 0.717) is 12.1 Å². The SMILES string of the molecule is O=C1NCc2cnnn2-c2ccccc21. The molecule has 3 rings (SSSR count). The van der Waals surface area contributed by atoms with Crippen molar-refractivity contribution in [3.63, 3.8) is 0 Å². The molecule has 0 saturated carbocycles. The molecule has 1 N–H and O–H groups in total. The fourth-order valence-corrected chi connectivity index (χ4v) is 1.70. The lowest BCUT2D eigenvalue weighted by molar-refractivity contribution is 0.0953. The minimum atomic E-state index is -0.0731. The van der Waals surface area contributed by atoms with Crippen molar-refractivity contribution >= 4 is 5.91 Å². The Balaban J connectivity index is 2.32. The van der Waals surface area contributed by atoms with E-state index in [9.17, 15) is 4.79 Å². The molecule has 1 amide bonds. The maximum Gasteiger partial charge on any atom is 0.253 e. The summed E-state index contributed by atoms with van der Waals surface area (Å²) >= 11 is 0. The van der Waals surface area contributed by atoms with Crippen molar-refractivity contribution in [3.8, 4) is 5.69 Å². The van der Waals surface area contributed by atoms with Gasteiger partial charge in [0.2, 0.25) is 0 Å². The van der Waals surface area contributed by atoms with Gasteiger partial charge in [-0.3, -0.25) is 4.79 Å². The number of rotatable bonds is 0. The largest absolute Gasteiger partial charge is 0.346 e. The summed E-state index contributed by atoms with van der Waals surface area (Å²) in [6.45, 7) is 0.459. The fraction of sp³-hybridized carbons (Fsp3) is 0.100.